The minimum Gasteiger partial charge on any atom is -0.433 e. The molecule has 0 heterocycles. The van der Waals surface area contributed by atoms with E-state index < -0.39 is 0 Å². The molecule has 1 saturated carbocycles. The summed E-state index contributed by atoms with van der Waals surface area (Å²) in [5.41, 5.74) is 0. The third-order valence-corrected chi connectivity index (χ3v) is 3.85. The molecule has 4 heteroatoms. The fourth-order valence-electron chi connectivity index (χ4n) is 2.70. The Kier molecular flexibility index (Phi) is 4.05. The van der Waals surface area contributed by atoms with E-state index in [4.69, 9.17) is 4.74 Å². The van der Waals surface area contributed by atoms with Crippen LogP contribution in [-0.4, -0.2) is 36.9 Å². The highest BCUT2D eigenvalue weighted by molar-refractivity contribution is 5.67. The van der Waals surface area contributed by atoms with Crippen LogP contribution < -0.4 is 5.32 Å². The predicted molar refractivity (Wildman–Crippen MR) is 66.5 cm³/mol. The highest BCUT2D eigenvalue weighted by atomic mass is 16.6. The quantitative estimate of drug-likeness (QED) is 0.588. The fraction of sp³-hybridized carbons (Fsp3) is 0.769. The maximum Gasteiger partial charge on any atom is 0.408 e. The van der Waals surface area contributed by atoms with Gasteiger partial charge in [0.15, 0.2) is 0 Å². The maximum atomic E-state index is 11.6. The van der Waals surface area contributed by atoms with E-state index in [0.717, 1.165) is 19.5 Å². The van der Waals surface area contributed by atoms with Crippen LogP contribution in [-0.2, 0) is 4.74 Å². The number of carbonyl (C=O) groups excluding carboxylic acids is 1. The van der Waals surface area contributed by atoms with Gasteiger partial charge in [0.1, 0.15) is 6.73 Å². The zero-order valence-corrected chi connectivity index (χ0v) is 10.7. The van der Waals surface area contributed by atoms with Crippen molar-refractivity contribution in [1.29, 1.82) is 0 Å². The summed E-state index contributed by atoms with van der Waals surface area (Å²) < 4.78 is 5.21. The van der Waals surface area contributed by atoms with E-state index in [1.165, 1.54) is 6.42 Å². The molecule has 1 fully saturated rings. The topological polar surface area (TPSA) is 41.6 Å². The van der Waals surface area contributed by atoms with Gasteiger partial charge in [-0.15, -0.1) is 0 Å². The standard InChI is InChI=1S/C13H22N2O2/c1-3-15(4-2)9-17-13(16)14-12-8-10-5-6-11(12)7-10/h5-6,10-12H,3-4,7-9H2,1-2H3,(H,14,16)/t10-,11-,12-/m0/s1. The van der Waals surface area contributed by atoms with Crippen molar-refractivity contribution in [2.45, 2.75) is 32.7 Å². The van der Waals surface area contributed by atoms with Crippen molar-refractivity contribution >= 4 is 6.09 Å². The van der Waals surface area contributed by atoms with Crippen LogP contribution in [0.2, 0.25) is 0 Å². The Hall–Kier alpha value is -1.03. The third-order valence-electron chi connectivity index (χ3n) is 3.85. The average Bonchev–Trinajstić information content (AvgIpc) is 2.92. The maximum absolute atomic E-state index is 11.6. The number of carbonyl (C=O) groups is 1. The summed E-state index contributed by atoms with van der Waals surface area (Å²) >= 11 is 0. The Morgan fingerprint density at radius 3 is 2.65 bits per heavy atom. The van der Waals surface area contributed by atoms with E-state index >= 15 is 0 Å². The molecule has 17 heavy (non-hydrogen) atoms. The lowest BCUT2D eigenvalue weighted by atomic mass is 10.0. The SMILES string of the molecule is CCN(CC)COC(=O)N[C@H]1C[C@H]2C=C[C@H]1C2. The molecule has 2 aliphatic rings. The number of allylic oxidation sites excluding steroid dienone is 1. The van der Waals surface area contributed by atoms with Crippen molar-refractivity contribution in [3.05, 3.63) is 12.2 Å². The molecular formula is C13H22N2O2. The van der Waals surface area contributed by atoms with Crippen LogP contribution >= 0.6 is 0 Å². The van der Waals surface area contributed by atoms with Crippen LogP contribution in [0.1, 0.15) is 26.7 Å². The van der Waals surface area contributed by atoms with E-state index in [0.29, 0.717) is 18.6 Å². The summed E-state index contributed by atoms with van der Waals surface area (Å²) in [6, 6.07) is 0.286. The zero-order valence-electron chi connectivity index (χ0n) is 10.7. The molecule has 2 bridgehead atoms. The summed E-state index contributed by atoms with van der Waals surface area (Å²) in [5.74, 6) is 1.20. The lowest BCUT2D eigenvalue weighted by Crippen LogP contribution is -2.39. The third kappa shape index (κ3) is 3.00. The lowest BCUT2D eigenvalue weighted by molar-refractivity contribution is 0.0718. The molecule has 96 valence electrons. The molecule has 0 saturated heterocycles. The first-order valence-corrected chi connectivity index (χ1v) is 6.56. The molecule has 0 aromatic carbocycles. The average molecular weight is 238 g/mol. The number of fused-ring (bicyclic) bond motifs is 2. The summed E-state index contributed by atoms with van der Waals surface area (Å²) in [5, 5.41) is 2.97. The van der Waals surface area contributed by atoms with Crippen molar-refractivity contribution in [3.63, 3.8) is 0 Å². The van der Waals surface area contributed by atoms with Crippen LogP contribution in [0.5, 0.6) is 0 Å². The molecule has 0 aromatic heterocycles. The van der Waals surface area contributed by atoms with Crippen molar-refractivity contribution < 1.29 is 9.53 Å². The molecule has 2 aliphatic carbocycles. The number of alkyl carbamates (subject to hydrolysis) is 1. The first-order chi connectivity index (χ1) is 8.22. The van der Waals surface area contributed by atoms with Gasteiger partial charge in [-0.05, 0) is 37.8 Å². The second kappa shape index (κ2) is 5.54. The molecule has 0 radical (unpaired) electrons. The zero-order chi connectivity index (χ0) is 12.3. The van der Waals surface area contributed by atoms with Gasteiger partial charge in [-0.1, -0.05) is 26.0 Å². The fourth-order valence-corrected chi connectivity index (χ4v) is 2.70. The largest absolute Gasteiger partial charge is 0.433 e. The van der Waals surface area contributed by atoms with Crippen LogP contribution in [0, 0.1) is 11.8 Å². The van der Waals surface area contributed by atoms with Gasteiger partial charge < -0.3 is 10.1 Å². The number of hydrogen-bond donors (Lipinski definition) is 1. The van der Waals surface area contributed by atoms with E-state index in [9.17, 15) is 4.79 Å². The van der Waals surface area contributed by atoms with Crippen LogP contribution in [0.3, 0.4) is 0 Å². The van der Waals surface area contributed by atoms with Gasteiger partial charge in [-0.25, -0.2) is 4.79 Å². The summed E-state index contributed by atoms with van der Waals surface area (Å²) in [6.07, 6.45) is 6.48. The normalized spacial score (nSPS) is 29.9. The Bertz CT molecular complexity index is 300. The van der Waals surface area contributed by atoms with E-state index in [2.05, 4.69) is 36.2 Å². The summed E-state index contributed by atoms with van der Waals surface area (Å²) in [4.78, 5) is 13.7. The Morgan fingerprint density at radius 1 is 1.35 bits per heavy atom. The van der Waals surface area contributed by atoms with E-state index in [1.807, 2.05) is 0 Å². The molecular weight excluding hydrogens is 216 g/mol. The molecule has 1 N–H and O–H groups in total. The predicted octanol–water partition coefficient (Wildman–Crippen LogP) is 1.98. The van der Waals surface area contributed by atoms with Gasteiger partial charge in [0, 0.05) is 6.04 Å². The number of amides is 1. The van der Waals surface area contributed by atoms with Gasteiger partial charge in [0.2, 0.25) is 0 Å². The first kappa shape index (κ1) is 12.4. The second-order valence-electron chi connectivity index (χ2n) is 4.90. The van der Waals surface area contributed by atoms with Gasteiger partial charge in [-0.3, -0.25) is 4.90 Å². The Morgan fingerprint density at radius 2 is 2.12 bits per heavy atom. The molecule has 3 atom stereocenters. The number of hydrogen-bond acceptors (Lipinski definition) is 3. The van der Waals surface area contributed by atoms with E-state index in [1.54, 1.807) is 0 Å². The molecule has 4 nitrogen and oxygen atoms in total. The van der Waals surface area contributed by atoms with Crippen molar-refractivity contribution in [1.82, 2.24) is 10.2 Å². The van der Waals surface area contributed by atoms with Crippen molar-refractivity contribution in [2.75, 3.05) is 19.8 Å². The van der Waals surface area contributed by atoms with E-state index in [-0.39, 0.29) is 12.1 Å². The molecule has 2 rings (SSSR count). The summed E-state index contributed by atoms with van der Waals surface area (Å²) in [7, 11) is 0. The number of nitrogens with zero attached hydrogens (tertiary/aromatic N) is 1. The smallest absolute Gasteiger partial charge is 0.408 e. The first-order valence-electron chi connectivity index (χ1n) is 6.56. The monoisotopic (exact) mass is 238 g/mol. The highest BCUT2D eigenvalue weighted by Crippen LogP contribution is 2.38. The molecule has 0 spiro atoms. The molecule has 0 aliphatic heterocycles. The van der Waals surface area contributed by atoms with Gasteiger partial charge in [-0.2, -0.15) is 0 Å². The second-order valence-corrected chi connectivity index (χ2v) is 4.90. The van der Waals surface area contributed by atoms with Gasteiger partial charge in [0.25, 0.3) is 0 Å². The van der Waals surface area contributed by atoms with Gasteiger partial charge in [0.05, 0.1) is 0 Å². The van der Waals surface area contributed by atoms with Crippen LogP contribution in [0.4, 0.5) is 4.79 Å². The summed E-state index contributed by atoms with van der Waals surface area (Å²) in [6.45, 7) is 6.31. The Labute approximate surface area is 103 Å². The number of ether oxygens (including phenoxy) is 1. The lowest BCUT2D eigenvalue weighted by Gasteiger charge is -2.22. The number of rotatable bonds is 5. The number of nitrogens with one attached hydrogen (secondary N) is 1. The molecule has 0 unspecified atom stereocenters. The van der Waals surface area contributed by atoms with Gasteiger partial charge >= 0.3 is 6.09 Å². The van der Waals surface area contributed by atoms with Crippen LogP contribution in [0.25, 0.3) is 0 Å². The minimum atomic E-state index is -0.275. The van der Waals surface area contributed by atoms with Crippen molar-refractivity contribution in [2.24, 2.45) is 11.8 Å². The van der Waals surface area contributed by atoms with Crippen molar-refractivity contribution in [3.8, 4) is 0 Å². The Balaban J connectivity index is 1.69. The highest BCUT2D eigenvalue weighted by Gasteiger charge is 2.36. The molecule has 0 aromatic rings. The van der Waals surface area contributed by atoms with Crippen LogP contribution in [0.15, 0.2) is 12.2 Å². The molecule has 1 amide bonds. The minimum absolute atomic E-state index is 0.275.